The molecule has 18 heavy (non-hydrogen) atoms. The lowest BCUT2D eigenvalue weighted by Crippen LogP contribution is -2.54. The topological polar surface area (TPSA) is 45.2 Å². The van der Waals surface area contributed by atoms with Crippen LogP contribution in [0, 0.1) is 11.7 Å². The summed E-state index contributed by atoms with van der Waals surface area (Å²) in [6.45, 7) is -0.0563. The summed E-state index contributed by atoms with van der Waals surface area (Å²) in [5.41, 5.74) is 0. The van der Waals surface area contributed by atoms with E-state index < -0.39 is 24.7 Å². The summed E-state index contributed by atoms with van der Waals surface area (Å²) < 4.78 is 37.1. The van der Waals surface area contributed by atoms with Gasteiger partial charge >= 0.3 is 0 Å². The first-order valence-electron chi connectivity index (χ1n) is 5.49. The van der Waals surface area contributed by atoms with Crippen molar-refractivity contribution in [3.63, 3.8) is 0 Å². The number of nitrogens with zero attached hydrogens (tertiary/aromatic N) is 2. The van der Waals surface area contributed by atoms with Gasteiger partial charge in [0.25, 0.3) is 6.43 Å². The van der Waals surface area contributed by atoms with Crippen molar-refractivity contribution in [3.05, 3.63) is 24.1 Å². The van der Waals surface area contributed by atoms with E-state index >= 15 is 0 Å². The number of pyridine rings is 1. The maximum Gasteiger partial charge on any atom is 0.255 e. The van der Waals surface area contributed by atoms with Gasteiger partial charge in [0.15, 0.2) is 11.6 Å². The number of carbonyl (C=O) groups is 1. The predicted molar refractivity (Wildman–Crippen MR) is 58.9 cm³/mol. The summed E-state index contributed by atoms with van der Waals surface area (Å²) in [6, 6.07) is 2.76. The van der Waals surface area contributed by atoms with Gasteiger partial charge in [0.2, 0.25) is 5.91 Å². The fourth-order valence-electron chi connectivity index (χ4n) is 1.75. The van der Waals surface area contributed by atoms with E-state index in [1.54, 1.807) is 4.90 Å². The van der Waals surface area contributed by atoms with Gasteiger partial charge < -0.3 is 10.2 Å². The molecule has 1 N–H and O–H groups in total. The number of halogens is 3. The van der Waals surface area contributed by atoms with E-state index in [9.17, 15) is 18.0 Å². The van der Waals surface area contributed by atoms with Crippen molar-refractivity contribution in [2.24, 2.45) is 5.92 Å². The van der Waals surface area contributed by atoms with Crippen molar-refractivity contribution in [1.29, 1.82) is 0 Å². The first-order chi connectivity index (χ1) is 8.58. The van der Waals surface area contributed by atoms with E-state index in [4.69, 9.17) is 0 Å². The molecular formula is C11H12F3N3O. The zero-order valence-corrected chi connectivity index (χ0v) is 9.44. The maximum atomic E-state index is 13.3. The summed E-state index contributed by atoms with van der Waals surface area (Å²) in [6.07, 6.45) is -1.10. The second kappa shape index (κ2) is 5.24. The Morgan fingerprint density at radius 3 is 2.89 bits per heavy atom. The summed E-state index contributed by atoms with van der Waals surface area (Å²) >= 11 is 0. The van der Waals surface area contributed by atoms with Crippen molar-refractivity contribution >= 4 is 11.7 Å². The molecule has 0 spiro atoms. The molecule has 2 rings (SSSR count). The van der Waals surface area contributed by atoms with Gasteiger partial charge in [0.1, 0.15) is 0 Å². The van der Waals surface area contributed by atoms with Crippen LogP contribution in [0.2, 0.25) is 0 Å². The van der Waals surface area contributed by atoms with Crippen LogP contribution in [-0.2, 0) is 4.79 Å². The normalized spacial score (nSPS) is 15.7. The molecule has 98 valence electrons. The number of hydrogen-bond acceptors (Lipinski definition) is 3. The van der Waals surface area contributed by atoms with Gasteiger partial charge in [-0.1, -0.05) is 0 Å². The standard InChI is InChI=1S/C11H12F3N3O/c12-8-2-1-3-15-10(8)17-5-7(6-17)11(18)16-4-9(13)14/h1-3,7,9H,4-6H2,(H,16,18). The lowest BCUT2D eigenvalue weighted by Gasteiger charge is -2.39. The molecule has 0 radical (unpaired) electrons. The summed E-state index contributed by atoms with van der Waals surface area (Å²) in [5.74, 6) is -1.08. The number of anilines is 1. The number of alkyl halides is 2. The van der Waals surface area contributed by atoms with Crippen molar-refractivity contribution in [2.45, 2.75) is 6.43 Å². The van der Waals surface area contributed by atoms with E-state index in [2.05, 4.69) is 10.3 Å². The van der Waals surface area contributed by atoms with Crippen LogP contribution in [-0.4, -0.2) is 37.0 Å². The van der Waals surface area contributed by atoms with E-state index in [1.165, 1.54) is 18.3 Å². The second-order valence-electron chi connectivity index (χ2n) is 4.05. The number of hydrogen-bond donors (Lipinski definition) is 1. The number of amides is 1. The van der Waals surface area contributed by atoms with Crippen LogP contribution in [0.5, 0.6) is 0 Å². The molecule has 0 saturated carbocycles. The van der Waals surface area contributed by atoms with Crippen LogP contribution in [0.25, 0.3) is 0 Å². The Labute approximate surface area is 102 Å². The van der Waals surface area contributed by atoms with Crippen LogP contribution in [0.15, 0.2) is 18.3 Å². The zero-order chi connectivity index (χ0) is 13.1. The molecule has 1 fully saturated rings. The molecule has 0 unspecified atom stereocenters. The minimum Gasteiger partial charge on any atom is -0.352 e. The molecule has 4 nitrogen and oxygen atoms in total. The molecule has 0 atom stereocenters. The molecule has 2 heterocycles. The van der Waals surface area contributed by atoms with Crippen LogP contribution in [0.3, 0.4) is 0 Å². The smallest absolute Gasteiger partial charge is 0.255 e. The summed E-state index contributed by atoms with van der Waals surface area (Å²) in [4.78, 5) is 16.9. The predicted octanol–water partition coefficient (Wildman–Crippen LogP) is 1.04. The van der Waals surface area contributed by atoms with Crippen molar-refractivity contribution in [2.75, 3.05) is 24.5 Å². The molecule has 0 aliphatic carbocycles. The fourth-order valence-corrected chi connectivity index (χ4v) is 1.75. The molecule has 0 bridgehead atoms. The molecule has 1 aromatic heterocycles. The third-order valence-corrected chi connectivity index (χ3v) is 2.72. The SMILES string of the molecule is O=C(NCC(F)F)C1CN(c2ncccc2F)C1. The number of carbonyl (C=O) groups excluding carboxylic acids is 1. The highest BCUT2D eigenvalue weighted by molar-refractivity contribution is 5.81. The monoisotopic (exact) mass is 259 g/mol. The number of rotatable bonds is 4. The Hall–Kier alpha value is -1.79. The van der Waals surface area contributed by atoms with Gasteiger partial charge in [0, 0.05) is 19.3 Å². The average molecular weight is 259 g/mol. The molecule has 1 aromatic rings. The lowest BCUT2D eigenvalue weighted by atomic mass is 9.99. The summed E-state index contributed by atoms with van der Waals surface area (Å²) in [5, 5.41) is 2.14. The van der Waals surface area contributed by atoms with Gasteiger partial charge in [-0.2, -0.15) is 0 Å². The fraction of sp³-hybridized carbons (Fsp3) is 0.455. The summed E-state index contributed by atoms with van der Waals surface area (Å²) in [7, 11) is 0. The molecule has 1 aliphatic heterocycles. The van der Waals surface area contributed by atoms with Crippen LogP contribution < -0.4 is 10.2 Å². The van der Waals surface area contributed by atoms with Gasteiger partial charge in [-0.3, -0.25) is 4.79 Å². The van der Waals surface area contributed by atoms with Crippen LogP contribution in [0.1, 0.15) is 0 Å². The van der Waals surface area contributed by atoms with Gasteiger partial charge in [-0.05, 0) is 12.1 Å². The molecular weight excluding hydrogens is 247 g/mol. The minimum atomic E-state index is -2.56. The highest BCUT2D eigenvalue weighted by atomic mass is 19.3. The van der Waals surface area contributed by atoms with E-state index in [0.29, 0.717) is 13.1 Å². The van der Waals surface area contributed by atoms with E-state index in [0.717, 1.165) is 0 Å². The van der Waals surface area contributed by atoms with Crippen molar-refractivity contribution in [1.82, 2.24) is 10.3 Å². The third kappa shape index (κ3) is 2.72. The molecule has 1 amide bonds. The quantitative estimate of drug-likeness (QED) is 0.878. The largest absolute Gasteiger partial charge is 0.352 e. The maximum absolute atomic E-state index is 13.3. The van der Waals surface area contributed by atoms with Crippen LogP contribution >= 0.6 is 0 Å². The van der Waals surface area contributed by atoms with E-state index in [-0.39, 0.29) is 11.7 Å². The Bertz CT molecular complexity index is 435. The molecule has 0 aromatic carbocycles. The van der Waals surface area contributed by atoms with Gasteiger partial charge in [-0.25, -0.2) is 18.2 Å². The zero-order valence-electron chi connectivity index (χ0n) is 9.44. The Balaban J connectivity index is 1.84. The lowest BCUT2D eigenvalue weighted by molar-refractivity contribution is -0.126. The third-order valence-electron chi connectivity index (χ3n) is 2.72. The average Bonchev–Trinajstić information content (AvgIpc) is 2.27. The number of aromatic nitrogens is 1. The first kappa shape index (κ1) is 12.7. The highest BCUT2D eigenvalue weighted by Crippen LogP contribution is 2.24. The Morgan fingerprint density at radius 1 is 1.56 bits per heavy atom. The Kier molecular flexibility index (Phi) is 3.69. The second-order valence-corrected chi connectivity index (χ2v) is 4.05. The van der Waals surface area contributed by atoms with Crippen molar-refractivity contribution < 1.29 is 18.0 Å². The van der Waals surface area contributed by atoms with Crippen molar-refractivity contribution in [3.8, 4) is 0 Å². The molecule has 1 aliphatic rings. The first-order valence-corrected chi connectivity index (χ1v) is 5.49. The van der Waals surface area contributed by atoms with Gasteiger partial charge in [-0.15, -0.1) is 0 Å². The Morgan fingerprint density at radius 2 is 2.28 bits per heavy atom. The molecule has 1 saturated heterocycles. The number of nitrogens with one attached hydrogen (secondary N) is 1. The van der Waals surface area contributed by atoms with Crippen LogP contribution in [0.4, 0.5) is 19.0 Å². The minimum absolute atomic E-state index is 0.190. The highest BCUT2D eigenvalue weighted by Gasteiger charge is 2.34. The van der Waals surface area contributed by atoms with Gasteiger partial charge in [0.05, 0.1) is 12.5 Å². The molecule has 7 heteroatoms. The van der Waals surface area contributed by atoms with E-state index in [1.807, 2.05) is 0 Å².